The van der Waals surface area contributed by atoms with Gasteiger partial charge in [0.2, 0.25) is 0 Å². The van der Waals surface area contributed by atoms with Gasteiger partial charge in [-0.3, -0.25) is 4.79 Å². The van der Waals surface area contributed by atoms with E-state index in [9.17, 15) is 4.79 Å². The summed E-state index contributed by atoms with van der Waals surface area (Å²) in [5.41, 5.74) is 2.58. The fourth-order valence-corrected chi connectivity index (χ4v) is 4.28. The van der Waals surface area contributed by atoms with Crippen molar-refractivity contribution >= 4 is 49.3 Å². The molecule has 0 saturated heterocycles. The fourth-order valence-electron chi connectivity index (χ4n) is 2.53. The summed E-state index contributed by atoms with van der Waals surface area (Å²) in [5.74, 6) is 0. The highest BCUT2D eigenvalue weighted by Crippen LogP contribution is 2.31. The molecule has 0 N–H and O–H groups in total. The second-order valence-electron chi connectivity index (χ2n) is 5.19. The first kappa shape index (κ1) is 14.2. The van der Waals surface area contributed by atoms with Crippen molar-refractivity contribution in [3.63, 3.8) is 0 Å². The van der Waals surface area contributed by atoms with Crippen molar-refractivity contribution in [1.82, 2.24) is 14.6 Å². The molecule has 0 unspecified atom stereocenters. The summed E-state index contributed by atoms with van der Waals surface area (Å²) in [4.78, 5) is 23.5. The first-order valence-electron chi connectivity index (χ1n) is 6.99. The lowest BCUT2D eigenvalue weighted by molar-refractivity contribution is 0.820. The van der Waals surface area contributed by atoms with Crippen molar-refractivity contribution in [2.24, 2.45) is 5.10 Å². The fraction of sp³-hybridized carbons (Fsp3) is 0.125. The molecule has 7 heteroatoms. The number of thiophene rings is 2. The van der Waals surface area contributed by atoms with Crippen molar-refractivity contribution in [2.75, 3.05) is 0 Å². The van der Waals surface area contributed by atoms with Gasteiger partial charge in [-0.25, -0.2) is 9.97 Å². The van der Waals surface area contributed by atoms with E-state index in [0.717, 1.165) is 26.4 Å². The molecule has 0 amide bonds. The lowest BCUT2D eigenvalue weighted by atomic mass is 10.1. The molecule has 4 rings (SSSR count). The van der Waals surface area contributed by atoms with Crippen molar-refractivity contribution in [3.05, 3.63) is 56.4 Å². The van der Waals surface area contributed by atoms with Crippen LogP contribution in [-0.4, -0.2) is 20.9 Å². The van der Waals surface area contributed by atoms with E-state index in [1.165, 1.54) is 22.3 Å². The largest absolute Gasteiger partial charge is 0.291 e. The van der Waals surface area contributed by atoms with Crippen LogP contribution >= 0.6 is 22.7 Å². The summed E-state index contributed by atoms with van der Waals surface area (Å²) in [6.45, 7) is 3.97. The average molecular weight is 340 g/mol. The Morgan fingerprint density at radius 2 is 2.22 bits per heavy atom. The summed E-state index contributed by atoms with van der Waals surface area (Å²) in [6.07, 6.45) is 3.14. The Hall–Kier alpha value is -2.38. The van der Waals surface area contributed by atoms with Gasteiger partial charge in [0.15, 0.2) is 0 Å². The zero-order valence-electron chi connectivity index (χ0n) is 12.5. The molecule has 0 aromatic carbocycles. The molecule has 4 aromatic rings. The summed E-state index contributed by atoms with van der Waals surface area (Å²) < 4.78 is 1.87. The molecule has 0 bridgehead atoms. The van der Waals surface area contributed by atoms with Crippen molar-refractivity contribution < 1.29 is 0 Å². The van der Waals surface area contributed by atoms with Crippen LogP contribution in [0.1, 0.15) is 16.1 Å². The van der Waals surface area contributed by atoms with Crippen LogP contribution in [0.3, 0.4) is 0 Å². The number of hydrogen-bond acceptors (Lipinski definition) is 6. The van der Waals surface area contributed by atoms with Gasteiger partial charge in [0, 0.05) is 16.0 Å². The van der Waals surface area contributed by atoms with E-state index in [0.29, 0.717) is 10.2 Å². The zero-order chi connectivity index (χ0) is 16.0. The number of aromatic nitrogens is 3. The first-order valence-corrected chi connectivity index (χ1v) is 8.69. The molecule has 0 saturated carbocycles. The predicted octanol–water partition coefficient (Wildman–Crippen LogP) is 3.57. The van der Waals surface area contributed by atoms with E-state index in [1.807, 2.05) is 37.4 Å². The molecule has 114 valence electrons. The zero-order valence-corrected chi connectivity index (χ0v) is 14.1. The SMILES string of the molecule is Cc1cc(C)c2c(n1)sc1c(=O)n(/N=C/c3cccs3)cnc12. The van der Waals surface area contributed by atoms with Gasteiger partial charge in [0.1, 0.15) is 15.9 Å². The van der Waals surface area contributed by atoms with E-state index >= 15 is 0 Å². The topological polar surface area (TPSA) is 60.1 Å². The molecule has 0 atom stereocenters. The van der Waals surface area contributed by atoms with Crippen LogP contribution < -0.4 is 5.56 Å². The third kappa shape index (κ3) is 2.38. The Bertz CT molecular complexity index is 1110. The molecule has 4 aromatic heterocycles. The van der Waals surface area contributed by atoms with E-state index < -0.39 is 0 Å². The summed E-state index contributed by atoms with van der Waals surface area (Å²) in [7, 11) is 0. The van der Waals surface area contributed by atoms with Gasteiger partial charge in [-0.1, -0.05) is 6.07 Å². The molecule has 0 aliphatic heterocycles. The molecule has 0 radical (unpaired) electrons. The van der Waals surface area contributed by atoms with E-state index in [-0.39, 0.29) is 5.56 Å². The van der Waals surface area contributed by atoms with Gasteiger partial charge >= 0.3 is 0 Å². The van der Waals surface area contributed by atoms with Crippen molar-refractivity contribution in [1.29, 1.82) is 0 Å². The standard InChI is InChI=1S/C16H12N4OS2/c1-9-6-10(2)19-15-12(9)13-14(23-15)16(21)20(8-17-13)18-7-11-4-3-5-22-11/h3-8H,1-2H3/b18-7+. The van der Waals surface area contributed by atoms with Crippen LogP contribution in [-0.2, 0) is 0 Å². The van der Waals surface area contributed by atoms with Gasteiger partial charge in [-0.2, -0.15) is 9.78 Å². The van der Waals surface area contributed by atoms with Crippen LogP contribution in [0.15, 0.2) is 39.8 Å². The Morgan fingerprint density at radius 3 is 3.00 bits per heavy atom. The van der Waals surface area contributed by atoms with Gasteiger partial charge in [-0.05, 0) is 36.9 Å². The van der Waals surface area contributed by atoms with Crippen LogP contribution in [0, 0.1) is 13.8 Å². The Labute approximate surface area is 139 Å². The van der Waals surface area contributed by atoms with E-state index in [2.05, 4.69) is 15.1 Å². The third-order valence-corrected chi connectivity index (χ3v) is 5.38. The number of nitrogens with zero attached hydrogens (tertiary/aromatic N) is 4. The minimum absolute atomic E-state index is 0.164. The number of fused-ring (bicyclic) bond motifs is 3. The minimum Gasteiger partial charge on any atom is -0.266 e. The van der Waals surface area contributed by atoms with Crippen LogP contribution in [0.4, 0.5) is 0 Å². The lowest BCUT2D eigenvalue weighted by Gasteiger charge is -1.99. The molecule has 5 nitrogen and oxygen atoms in total. The smallest absolute Gasteiger partial charge is 0.266 e. The summed E-state index contributed by atoms with van der Waals surface area (Å²) in [5, 5.41) is 7.15. The number of rotatable bonds is 2. The number of pyridine rings is 1. The number of hydrogen-bond donors (Lipinski definition) is 0. The Kier molecular flexibility index (Phi) is 3.32. The monoisotopic (exact) mass is 340 g/mol. The van der Waals surface area contributed by atoms with Crippen LogP contribution in [0.25, 0.3) is 20.4 Å². The molecule has 0 fully saturated rings. The lowest BCUT2D eigenvalue weighted by Crippen LogP contribution is -2.15. The van der Waals surface area contributed by atoms with E-state index in [1.54, 1.807) is 17.6 Å². The molecule has 0 aliphatic carbocycles. The molecular formula is C16H12N4OS2. The Morgan fingerprint density at radius 1 is 1.35 bits per heavy atom. The van der Waals surface area contributed by atoms with Gasteiger partial charge in [-0.15, -0.1) is 22.7 Å². The highest BCUT2D eigenvalue weighted by atomic mass is 32.1. The van der Waals surface area contributed by atoms with Crippen molar-refractivity contribution in [3.8, 4) is 0 Å². The third-order valence-electron chi connectivity index (χ3n) is 3.51. The maximum absolute atomic E-state index is 12.6. The average Bonchev–Trinajstić information content (AvgIpc) is 3.13. The Balaban J connectivity index is 1.93. The predicted molar refractivity (Wildman–Crippen MR) is 96.0 cm³/mol. The second-order valence-corrected chi connectivity index (χ2v) is 7.17. The van der Waals surface area contributed by atoms with Crippen LogP contribution in [0.2, 0.25) is 0 Å². The quantitative estimate of drug-likeness (QED) is 0.524. The maximum atomic E-state index is 12.6. The highest BCUT2D eigenvalue weighted by molar-refractivity contribution is 7.25. The molecule has 0 aliphatic rings. The van der Waals surface area contributed by atoms with Crippen LogP contribution in [0.5, 0.6) is 0 Å². The highest BCUT2D eigenvalue weighted by Gasteiger charge is 2.14. The number of aryl methyl sites for hydroxylation is 2. The normalized spacial score (nSPS) is 11.9. The second kappa shape index (κ2) is 5.36. The van der Waals surface area contributed by atoms with Gasteiger partial charge < -0.3 is 0 Å². The summed E-state index contributed by atoms with van der Waals surface area (Å²) in [6, 6.07) is 5.90. The maximum Gasteiger partial charge on any atom is 0.291 e. The van der Waals surface area contributed by atoms with Gasteiger partial charge in [0.25, 0.3) is 5.56 Å². The van der Waals surface area contributed by atoms with E-state index in [4.69, 9.17) is 0 Å². The molecular weight excluding hydrogens is 328 g/mol. The molecule has 0 spiro atoms. The molecule has 4 heterocycles. The first-order chi connectivity index (χ1) is 11.1. The molecule has 23 heavy (non-hydrogen) atoms. The van der Waals surface area contributed by atoms with Gasteiger partial charge in [0.05, 0.1) is 11.7 Å². The minimum atomic E-state index is -0.164. The van der Waals surface area contributed by atoms with Crippen molar-refractivity contribution in [2.45, 2.75) is 13.8 Å². The summed E-state index contributed by atoms with van der Waals surface area (Å²) >= 11 is 2.94.